The van der Waals surface area contributed by atoms with Crippen LogP contribution in [0.15, 0.2) is 48.5 Å². The van der Waals surface area contributed by atoms with E-state index in [4.69, 9.17) is 30.8 Å². The van der Waals surface area contributed by atoms with Gasteiger partial charge in [0.1, 0.15) is 12.4 Å². The zero-order valence-corrected chi connectivity index (χ0v) is 17.1. The highest BCUT2D eigenvalue weighted by atomic mass is 35.5. The lowest BCUT2D eigenvalue weighted by Gasteiger charge is -2.16. The Labute approximate surface area is 170 Å². The first kappa shape index (κ1) is 20.4. The fourth-order valence-electron chi connectivity index (χ4n) is 2.91. The van der Waals surface area contributed by atoms with Crippen LogP contribution in [0.1, 0.15) is 18.1 Å². The van der Waals surface area contributed by atoms with Gasteiger partial charge in [-0.1, -0.05) is 29.8 Å². The van der Waals surface area contributed by atoms with E-state index in [1.807, 2.05) is 42.5 Å². The van der Waals surface area contributed by atoms with Crippen molar-refractivity contribution < 1.29 is 14.2 Å². The van der Waals surface area contributed by atoms with Crippen molar-refractivity contribution in [3.05, 3.63) is 64.7 Å². The van der Waals surface area contributed by atoms with Gasteiger partial charge in [-0.05, 0) is 31.2 Å². The minimum absolute atomic E-state index is 0.216. The molecule has 1 atom stereocenters. The number of pyridine rings is 1. The second-order valence-corrected chi connectivity index (χ2v) is 7.04. The second-order valence-electron chi connectivity index (χ2n) is 6.63. The van der Waals surface area contributed by atoms with E-state index in [9.17, 15) is 0 Å². The highest BCUT2D eigenvalue weighted by molar-refractivity contribution is 6.31. The molecule has 0 amide bonds. The van der Waals surface area contributed by atoms with Crippen LogP contribution in [-0.2, 0) is 17.9 Å². The Kier molecular flexibility index (Phi) is 7.09. The number of ether oxygens (including phenoxy) is 3. The number of hydrogen-bond acceptors (Lipinski definition) is 5. The van der Waals surface area contributed by atoms with E-state index in [0.29, 0.717) is 30.7 Å². The summed E-state index contributed by atoms with van der Waals surface area (Å²) in [4.78, 5) is 4.74. The maximum Gasteiger partial charge on any atom is 0.218 e. The van der Waals surface area contributed by atoms with Gasteiger partial charge in [0.2, 0.25) is 5.88 Å². The van der Waals surface area contributed by atoms with Crippen LogP contribution >= 0.6 is 11.6 Å². The first-order valence-electron chi connectivity index (χ1n) is 9.17. The van der Waals surface area contributed by atoms with Crippen LogP contribution in [0, 0.1) is 0 Å². The van der Waals surface area contributed by atoms with Crippen molar-refractivity contribution in [3.63, 3.8) is 0 Å². The number of halogens is 1. The third-order valence-corrected chi connectivity index (χ3v) is 4.81. The van der Waals surface area contributed by atoms with Crippen molar-refractivity contribution in [1.82, 2.24) is 10.3 Å². The van der Waals surface area contributed by atoms with Crippen LogP contribution in [0.2, 0.25) is 5.02 Å². The highest BCUT2D eigenvalue weighted by Gasteiger charge is 2.12. The summed E-state index contributed by atoms with van der Waals surface area (Å²) in [6, 6.07) is 15.8. The molecule has 0 saturated carbocycles. The predicted octanol–water partition coefficient (Wildman–Crippen LogP) is 4.60. The lowest BCUT2D eigenvalue weighted by atomic mass is 10.1. The number of rotatable bonds is 9. The minimum atomic E-state index is 0.216. The van der Waals surface area contributed by atoms with Crippen molar-refractivity contribution in [2.24, 2.45) is 0 Å². The van der Waals surface area contributed by atoms with Gasteiger partial charge in [-0.2, -0.15) is 0 Å². The molecular weight excluding hydrogens is 376 g/mol. The molecule has 3 rings (SSSR count). The molecule has 0 aliphatic heterocycles. The maximum absolute atomic E-state index is 6.26. The molecule has 6 heteroatoms. The molecule has 0 radical (unpaired) electrons. The molecule has 0 saturated heterocycles. The number of methoxy groups -OCH3 is 2. The van der Waals surface area contributed by atoms with Crippen molar-refractivity contribution in [1.29, 1.82) is 0 Å². The maximum atomic E-state index is 6.26. The fourth-order valence-corrected chi connectivity index (χ4v) is 3.10. The monoisotopic (exact) mass is 400 g/mol. The van der Waals surface area contributed by atoms with Crippen LogP contribution in [0.3, 0.4) is 0 Å². The number of nitrogens with zero attached hydrogens (tertiary/aromatic N) is 1. The SMILES string of the molecule is COC[C@H](C)NCc1cc2ccc(OC)cc2nc1OCc1ccccc1Cl. The largest absolute Gasteiger partial charge is 0.497 e. The molecule has 3 aromatic rings. The first-order chi connectivity index (χ1) is 13.6. The molecule has 0 aliphatic rings. The molecule has 5 nitrogen and oxygen atoms in total. The van der Waals surface area contributed by atoms with E-state index in [0.717, 1.165) is 27.8 Å². The average molecular weight is 401 g/mol. The topological polar surface area (TPSA) is 52.6 Å². The summed E-state index contributed by atoms with van der Waals surface area (Å²) in [6.07, 6.45) is 0. The molecule has 1 aromatic heterocycles. The summed E-state index contributed by atoms with van der Waals surface area (Å²) in [5.74, 6) is 1.34. The number of fused-ring (bicyclic) bond motifs is 1. The van der Waals surface area contributed by atoms with Crippen LogP contribution in [0.25, 0.3) is 10.9 Å². The molecule has 2 aromatic carbocycles. The van der Waals surface area contributed by atoms with Gasteiger partial charge >= 0.3 is 0 Å². The zero-order valence-electron chi connectivity index (χ0n) is 16.4. The van der Waals surface area contributed by atoms with Crippen molar-refractivity contribution >= 4 is 22.5 Å². The average Bonchev–Trinajstić information content (AvgIpc) is 2.71. The van der Waals surface area contributed by atoms with Crippen molar-refractivity contribution in [2.45, 2.75) is 26.1 Å². The molecule has 0 aliphatic carbocycles. The van der Waals surface area contributed by atoms with Gasteiger partial charge in [0.05, 0.1) is 19.2 Å². The van der Waals surface area contributed by atoms with E-state index in [2.05, 4.69) is 18.3 Å². The van der Waals surface area contributed by atoms with E-state index in [-0.39, 0.29) is 6.04 Å². The Morgan fingerprint density at radius 3 is 2.64 bits per heavy atom. The molecule has 0 spiro atoms. The molecule has 0 unspecified atom stereocenters. The fraction of sp³-hybridized carbons (Fsp3) is 0.318. The van der Waals surface area contributed by atoms with Gasteiger partial charge in [-0.3, -0.25) is 0 Å². The quantitative estimate of drug-likeness (QED) is 0.568. The molecule has 28 heavy (non-hydrogen) atoms. The van der Waals surface area contributed by atoms with Crippen LogP contribution in [0.4, 0.5) is 0 Å². The highest BCUT2D eigenvalue weighted by Crippen LogP contribution is 2.27. The molecular formula is C22H25ClN2O3. The van der Waals surface area contributed by atoms with Gasteiger partial charge in [-0.25, -0.2) is 4.98 Å². The van der Waals surface area contributed by atoms with E-state index in [1.165, 1.54) is 0 Å². The Morgan fingerprint density at radius 1 is 1.07 bits per heavy atom. The molecule has 1 N–H and O–H groups in total. The number of nitrogens with one attached hydrogen (secondary N) is 1. The lowest BCUT2D eigenvalue weighted by Crippen LogP contribution is -2.29. The molecule has 0 bridgehead atoms. The summed E-state index contributed by atoms with van der Waals surface area (Å²) >= 11 is 6.26. The predicted molar refractivity (Wildman–Crippen MR) is 112 cm³/mol. The minimum Gasteiger partial charge on any atom is -0.497 e. The Bertz CT molecular complexity index is 933. The van der Waals surface area contributed by atoms with E-state index < -0.39 is 0 Å². The van der Waals surface area contributed by atoms with Gasteiger partial charge in [0.15, 0.2) is 0 Å². The lowest BCUT2D eigenvalue weighted by molar-refractivity contribution is 0.171. The Balaban J connectivity index is 1.88. The van der Waals surface area contributed by atoms with Gasteiger partial charge in [0, 0.05) is 47.3 Å². The Morgan fingerprint density at radius 2 is 1.89 bits per heavy atom. The summed E-state index contributed by atoms with van der Waals surface area (Å²) in [6.45, 7) is 3.68. The van der Waals surface area contributed by atoms with E-state index >= 15 is 0 Å². The first-order valence-corrected chi connectivity index (χ1v) is 9.54. The smallest absolute Gasteiger partial charge is 0.218 e. The molecule has 0 fully saturated rings. The summed E-state index contributed by atoms with van der Waals surface area (Å²) in [7, 11) is 3.34. The number of hydrogen-bond donors (Lipinski definition) is 1. The summed E-state index contributed by atoms with van der Waals surface area (Å²) in [5.41, 5.74) is 2.72. The van der Waals surface area contributed by atoms with E-state index in [1.54, 1.807) is 14.2 Å². The normalized spacial score (nSPS) is 12.1. The van der Waals surface area contributed by atoms with Gasteiger partial charge in [-0.15, -0.1) is 0 Å². The van der Waals surface area contributed by atoms with Crippen LogP contribution in [0.5, 0.6) is 11.6 Å². The molecule has 1 heterocycles. The molecule has 148 valence electrons. The summed E-state index contributed by atoms with van der Waals surface area (Å²) in [5, 5.41) is 5.15. The van der Waals surface area contributed by atoms with Gasteiger partial charge < -0.3 is 19.5 Å². The van der Waals surface area contributed by atoms with Crippen LogP contribution in [-0.4, -0.2) is 31.9 Å². The van der Waals surface area contributed by atoms with Crippen LogP contribution < -0.4 is 14.8 Å². The zero-order chi connectivity index (χ0) is 19.9. The second kappa shape index (κ2) is 9.73. The van der Waals surface area contributed by atoms with Crippen molar-refractivity contribution in [2.75, 3.05) is 20.8 Å². The number of benzene rings is 2. The third-order valence-electron chi connectivity index (χ3n) is 4.44. The Hall–Kier alpha value is -2.34. The number of aromatic nitrogens is 1. The van der Waals surface area contributed by atoms with Gasteiger partial charge in [0.25, 0.3) is 0 Å². The third kappa shape index (κ3) is 5.13. The summed E-state index contributed by atoms with van der Waals surface area (Å²) < 4.78 is 16.6. The standard InChI is InChI=1S/C22H25ClN2O3/c1-15(13-26-2)24-12-18-10-16-8-9-19(27-3)11-21(16)25-22(18)28-14-17-6-4-5-7-20(17)23/h4-11,15,24H,12-14H2,1-3H3/t15-/m0/s1. The van der Waals surface area contributed by atoms with Crippen molar-refractivity contribution in [3.8, 4) is 11.6 Å².